The number of benzene rings is 6. The molecule has 0 saturated heterocycles. The zero-order valence-electron chi connectivity index (χ0n) is 32.6. The highest BCUT2D eigenvalue weighted by Gasteiger charge is 2.15. The zero-order chi connectivity index (χ0) is 38.7. The van der Waals surface area contributed by atoms with E-state index in [1.54, 1.807) is 28.4 Å². The molecule has 0 radical (unpaired) electrons. The van der Waals surface area contributed by atoms with Gasteiger partial charge in [0.1, 0.15) is 23.0 Å². The molecule has 4 bridgehead atoms. The third-order valence-electron chi connectivity index (χ3n) is 10.4. The van der Waals surface area contributed by atoms with E-state index in [4.69, 9.17) is 18.9 Å². The number of methoxy groups -OCH3 is 4. The minimum absolute atomic E-state index is 0.855. The Morgan fingerprint density at radius 3 is 0.661 bits per heavy atom. The Morgan fingerprint density at radius 1 is 0.286 bits per heavy atom. The van der Waals surface area contributed by atoms with Crippen LogP contribution in [0, 0.1) is 0 Å². The van der Waals surface area contributed by atoms with E-state index in [0.29, 0.717) is 0 Å². The summed E-state index contributed by atoms with van der Waals surface area (Å²) in [5, 5.41) is 0. The molecular formula is C52H48O4. The highest BCUT2D eigenvalue weighted by atomic mass is 16.5. The Kier molecular flexibility index (Phi) is 12.3. The molecule has 0 atom stereocenters. The van der Waals surface area contributed by atoms with Crippen LogP contribution in [0.15, 0.2) is 121 Å². The van der Waals surface area contributed by atoms with Crippen LogP contribution in [0.4, 0.5) is 0 Å². The van der Waals surface area contributed by atoms with E-state index >= 15 is 0 Å². The van der Waals surface area contributed by atoms with Gasteiger partial charge in [0.25, 0.3) is 0 Å². The van der Waals surface area contributed by atoms with E-state index in [1.807, 2.05) is 48.5 Å². The summed E-state index contributed by atoms with van der Waals surface area (Å²) in [6.07, 6.45) is 21.5. The molecule has 56 heavy (non-hydrogen) atoms. The van der Waals surface area contributed by atoms with E-state index in [-0.39, 0.29) is 0 Å². The highest BCUT2D eigenvalue weighted by molar-refractivity contribution is 5.79. The molecule has 0 aliphatic heterocycles. The fourth-order valence-corrected chi connectivity index (χ4v) is 7.08. The second kappa shape index (κ2) is 18.2. The van der Waals surface area contributed by atoms with Gasteiger partial charge >= 0.3 is 0 Å². The second-order valence-corrected chi connectivity index (χ2v) is 13.9. The predicted octanol–water partition coefficient (Wildman–Crippen LogP) is 12.3. The van der Waals surface area contributed by atoms with Crippen LogP contribution in [0.3, 0.4) is 0 Å². The molecule has 0 saturated carbocycles. The van der Waals surface area contributed by atoms with Crippen molar-refractivity contribution in [3.63, 3.8) is 0 Å². The first kappa shape index (κ1) is 37.8. The molecule has 0 amide bonds. The fraction of sp³-hybridized carbons (Fsp3) is 0.154. The minimum atomic E-state index is 0.855. The lowest BCUT2D eigenvalue weighted by Crippen LogP contribution is -2.05. The quantitative estimate of drug-likeness (QED) is 0.117. The highest BCUT2D eigenvalue weighted by Crippen LogP contribution is 2.31. The van der Waals surface area contributed by atoms with Gasteiger partial charge in [-0.25, -0.2) is 0 Å². The third kappa shape index (κ3) is 9.58. The summed E-state index contributed by atoms with van der Waals surface area (Å²) in [5.74, 6) is 3.42. The molecule has 10 rings (SSSR count). The first-order valence-electron chi connectivity index (χ1n) is 19.1. The lowest BCUT2D eigenvalue weighted by Gasteiger charge is -2.19. The van der Waals surface area contributed by atoms with Crippen LogP contribution in [0.2, 0.25) is 0 Å². The van der Waals surface area contributed by atoms with E-state index in [1.165, 1.54) is 44.5 Å². The molecule has 4 heteroatoms. The maximum Gasteiger partial charge on any atom is 0.118 e. The Balaban J connectivity index is 1.30. The second-order valence-electron chi connectivity index (χ2n) is 13.9. The van der Waals surface area contributed by atoms with Gasteiger partial charge in [-0.05, 0) is 141 Å². The summed E-state index contributed by atoms with van der Waals surface area (Å²) in [5.41, 5.74) is 14.8. The first-order valence-corrected chi connectivity index (χ1v) is 19.1. The molecule has 4 aliphatic carbocycles. The van der Waals surface area contributed by atoms with Crippen LogP contribution in [-0.2, 0) is 25.7 Å². The van der Waals surface area contributed by atoms with E-state index in [2.05, 4.69) is 121 Å². The molecular weight excluding hydrogens is 689 g/mol. The molecule has 0 N–H and O–H groups in total. The number of aryl methyl sites for hydroxylation is 4. The Labute approximate surface area is 331 Å². The van der Waals surface area contributed by atoms with E-state index in [9.17, 15) is 0 Å². The predicted molar refractivity (Wildman–Crippen MR) is 235 cm³/mol. The summed E-state index contributed by atoms with van der Waals surface area (Å²) in [6.45, 7) is 0. The molecule has 0 unspecified atom stereocenters. The third-order valence-corrected chi connectivity index (χ3v) is 10.4. The van der Waals surface area contributed by atoms with Gasteiger partial charge in [0, 0.05) is 0 Å². The van der Waals surface area contributed by atoms with Crippen molar-refractivity contribution in [3.05, 3.63) is 188 Å². The van der Waals surface area contributed by atoms with Crippen molar-refractivity contribution in [2.45, 2.75) is 25.7 Å². The Hall–Kier alpha value is -6.52. The van der Waals surface area contributed by atoms with Crippen molar-refractivity contribution >= 4 is 48.6 Å². The summed E-state index contributed by atoms with van der Waals surface area (Å²) in [7, 11) is 6.80. The number of ether oxygens (including phenoxy) is 4. The van der Waals surface area contributed by atoms with Crippen molar-refractivity contribution in [1.29, 1.82) is 0 Å². The molecule has 0 spiro atoms. The number of hydrogen-bond acceptors (Lipinski definition) is 4. The molecule has 4 aliphatic rings. The van der Waals surface area contributed by atoms with Crippen molar-refractivity contribution < 1.29 is 18.9 Å². The molecule has 6 aromatic carbocycles. The van der Waals surface area contributed by atoms with E-state index in [0.717, 1.165) is 70.9 Å². The van der Waals surface area contributed by atoms with Gasteiger partial charge < -0.3 is 18.9 Å². The van der Waals surface area contributed by atoms with Crippen LogP contribution in [-0.4, -0.2) is 28.4 Å². The minimum Gasteiger partial charge on any atom is -0.497 e. The van der Waals surface area contributed by atoms with E-state index < -0.39 is 0 Å². The van der Waals surface area contributed by atoms with Crippen LogP contribution < -0.4 is 18.9 Å². The summed E-state index contributed by atoms with van der Waals surface area (Å²) < 4.78 is 21.6. The van der Waals surface area contributed by atoms with Gasteiger partial charge in [-0.1, -0.05) is 121 Å². The average molecular weight is 737 g/mol. The van der Waals surface area contributed by atoms with Gasteiger partial charge in [0.15, 0.2) is 0 Å². The standard InChI is InChI=1S/C52H48O4/c1-53-49-25-9-37(10-26-49)5-17-41-33-46-23-24-48-36-43(19-7-39-13-29-51(55-3)30-14-39)47(35-44(48)20-8-40-15-31-52(56-4)32-16-40)22-21-45(41)34-42(46)18-6-38-11-27-50(54-2)28-12-38/h5-20,25-36H,21-24H2,1-4H3/b17-5+,18-6+,19-7+,20-8+. The zero-order valence-corrected chi connectivity index (χ0v) is 32.6. The van der Waals surface area contributed by atoms with Crippen LogP contribution >= 0.6 is 0 Å². The smallest absolute Gasteiger partial charge is 0.118 e. The Morgan fingerprint density at radius 2 is 0.482 bits per heavy atom. The lowest BCUT2D eigenvalue weighted by atomic mass is 9.86. The first-order chi connectivity index (χ1) is 27.5. The van der Waals surface area contributed by atoms with Gasteiger partial charge in [-0.2, -0.15) is 0 Å². The Bertz CT molecular complexity index is 2020. The van der Waals surface area contributed by atoms with Crippen molar-refractivity contribution in [2.24, 2.45) is 0 Å². The monoisotopic (exact) mass is 736 g/mol. The lowest BCUT2D eigenvalue weighted by molar-refractivity contribution is 0.414. The van der Waals surface area contributed by atoms with Gasteiger partial charge in [0.2, 0.25) is 0 Å². The normalized spacial score (nSPS) is 12.8. The van der Waals surface area contributed by atoms with Crippen LogP contribution in [0.25, 0.3) is 48.6 Å². The van der Waals surface area contributed by atoms with Gasteiger partial charge in [-0.3, -0.25) is 0 Å². The summed E-state index contributed by atoms with van der Waals surface area (Å²) in [6, 6.07) is 42.5. The molecule has 0 aromatic heterocycles. The van der Waals surface area contributed by atoms with Crippen molar-refractivity contribution in [3.8, 4) is 23.0 Å². The van der Waals surface area contributed by atoms with Gasteiger partial charge in [0.05, 0.1) is 28.4 Å². The van der Waals surface area contributed by atoms with Crippen molar-refractivity contribution in [2.75, 3.05) is 28.4 Å². The summed E-state index contributed by atoms with van der Waals surface area (Å²) in [4.78, 5) is 0. The average Bonchev–Trinajstić information content (AvgIpc) is 3.25. The van der Waals surface area contributed by atoms with Crippen LogP contribution in [0.1, 0.15) is 66.8 Å². The number of rotatable bonds is 12. The molecule has 0 fully saturated rings. The summed E-state index contributed by atoms with van der Waals surface area (Å²) >= 11 is 0. The molecule has 280 valence electrons. The fourth-order valence-electron chi connectivity index (χ4n) is 7.08. The molecule has 0 heterocycles. The maximum absolute atomic E-state index is 5.40. The number of hydrogen-bond donors (Lipinski definition) is 0. The SMILES string of the molecule is COc1ccc(/C=C/c2cc3c(/C=C/c4ccc(OC)cc4)cc2CCc2cc(/C=C/c4ccc(OC)cc4)c(cc2/C=C/c2ccc(OC)cc2)CC3)cc1. The van der Waals surface area contributed by atoms with Crippen LogP contribution in [0.5, 0.6) is 23.0 Å². The molecule has 4 nitrogen and oxygen atoms in total. The maximum atomic E-state index is 5.40. The topological polar surface area (TPSA) is 36.9 Å². The van der Waals surface area contributed by atoms with Gasteiger partial charge in [-0.15, -0.1) is 0 Å². The largest absolute Gasteiger partial charge is 0.497 e. The molecule has 6 aromatic rings. The van der Waals surface area contributed by atoms with Crippen molar-refractivity contribution in [1.82, 2.24) is 0 Å².